The quantitative estimate of drug-likeness (QED) is 0.713. The lowest BCUT2D eigenvalue weighted by Crippen LogP contribution is -1.92. The molecule has 0 saturated carbocycles. The van der Waals surface area contributed by atoms with Gasteiger partial charge in [-0.3, -0.25) is 0 Å². The van der Waals surface area contributed by atoms with Crippen LogP contribution in [0.4, 0.5) is 10.1 Å². The summed E-state index contributed by atoms with van der Waals surface area (Å²) in [6.45, 7) is 0. The second-order valence-electron chi connectivity index (χ2n) is 2.65. The van der Waals surface area contributed by atoms with Gasteiger partial charge in [0.05, 0.1) is 11.8 Å². The van der Waals surface area contributed by atoms with Crippen LogP contribution in [0, 0.1) is 5.82 Å². The monoisotopic (exact) mass is 197 g/mol. The summed E-state index contributed by atoms with van der Waals surface area (Å²) in [4.78, 5) is 0. The van der Waals surface area contributed by atoms with Crippen LogP contribution in [0.15, 0.2) is 17.5 Å². The number of hydrogen-bond acceptors (Lipinski definition) is 3. The summed E-state index contributed by atoms with van der Waals surface area (Å²) in [6.07, 6.45) is 0. The minimum absolute atomic E-state index is 0.201. The SMILES string of the molecule is COc1cc(N)c2ccsc2c1F. The smallest absolute Gasteiger partial charge is 0.182 e. The van der Waals surface area contributed by atoms with Crippen molar-refractivity contribution in [2.75, 3.05) is 12.8 Å². The second-order valence-corrected chi connectivity index (χ2v) is 3.56. The first-order valence-electron chi connectivity index (χ1n) is 3.73. The second kappa shape index (κ2) is 2.88. The van der Waals surface area contributed by atoms with E-state index >= 15 is 0 Å². The predicted octanol–water partition coefficient (Wildman–Crippen LogP) is 2.63. The van der Waals surface area contributed by atoms with Crippen LogP contribution < -0.4 is 10.5 Å². The summed E-state index contributed by atoms with van der Waals surface area (Å²) in [5, 5.41) is 2.56. The van der Waals surface area contributed by atoms with Crippen molar-refractivity contribution in [1.29, 1.82) is 0 Å². The molecule has 0 aliphatic heterocycles. The third-order valence-electron chi connectivity index (χ3n) is 1.90. The van der Waals surface area contributed by atoms with E-state index in [4.69, 9.17) is 10.5 Å². The van der Waals surface area contributed by atoms with Crippen molar-refractivity contribution in [3.05, 3.63) is 23.3 Å². The van der Waals surface area contributed by atoms with E-state index < -0.39 is 0 Å². The highest BCUT2D eigenvalue weighted by Crippen LogP contribution is 2.34. The summed E-state index contributed by atoms with van der Waals surface area (Å²) in [6, 6.07) is 3.31. The largest absolute Gasteiger partial charge is 0.494 e. The minimum Gasteiger partial charge on any atom is -0.494 e. The summed E-state index contributed by atoms with van der Waals surface area (Å²) in [7, 11) is 1.43. The zero-order valence-electron chi connectivity index (χ0n) is 7.00. The van der Waals surface area contributed by atoms with Crippen molar-refractivity contribution in [2.24, 2.45) is 0 Å². The van der Waals surface area contributed by atoms with E-state index in [0.717, 1.165) is 5.39 Å². The van der Waals surface area contributed by atoms with Gasteiger partial charge in [-0.05, 0) is 11.4 Å². The zero-order chi connectivity index (χ0) is 9.42. The van der Waals surface area contributed by atoms with Gasteiger partial charge in [-0.15, -0.1) is 11.3 Å². The number of halogens is 1. The topological polar surface area (TPSA) is 35.2 Å². The van der Waals surface area contributed by atoms with E-state index in [9.17, 15) is 4.39 Å². The summed E-state index contributed by atoms with van der Waals surface area (Å²) in [5.74, 6) is -0.130. The molecule has 2 rings (SSSR count). The van der Waals surface area contributed by atoms with E-state index in [0.29, 0.717) is 10.4 Å². The van der Waals surface area contributed by atoms with Crippen LogP contribution in [0.25, 0.3) is 10.1 Å². The lowest BCUT2D eigenvalue weighted by molar-refractivity contribution is 0.389. The molecule has 0 aliphatic rings. The Bertz CT molecular complexity index is 452. The van der Waals surface area contributed by atoms with E-state index in [2.05, 4.69) is 0 Å². The standard InChI is InChI=1S/C9H8FNOS/c1-12-7-4-6(11)5-2-3-13-9(5)8(7)10/h2-4H,11H2,1H3. The predicted molar refractivity (Wildman–Crippen MR) is 52.7 cm³/mol. The van der Waals surface area contributed by atoms with E-state index in [1.54, 1.807) is 6.07 Å². The maximum Gasteiger partial charge on any atom is 0.182 e. The molecule has 0 bridgehead atoms. The number of anilines is 1. The van der Waals surface area contributed by atoms with Gasteiger partial charge in [-0.1, -0.05) is 0 Å². The van der Waals surface area contributed by atoms with Crippen LogP contribution in [0.2, 0.25) is 0 Å². The number of benzene rings is 1. The highest BCUT2D eigenvalue weighted by atomic mass is 32.1. The molecule has 4 heteroatoms. The fourth-order valence-corrected chi connectivity index (χ4v) is 2.11. The Balaban J connectivity index is 2.85. The molecule has 0 unspecified atom stereocenters. The van der Waals surface area contributed by atoms with Crippen molar-refractivity contribution in [2.45, 2.75) is 0 Å². The Hall–Kier alpha value is -1.29. The fraction of sp³-hybridized carbons (Fsp3) is 0.111. The van der Waals surface area contributed by atoms with Crippen LogP contribution in [0.5, 0.6) is 5.75 Å². The van der Waals surface area contributed by atoms with Crippen molar-refractivity contribution < 1.29 is 9.13 Å². The number of hydrogen-bond donors (Lipinski definition) is 1. The van der Waals surface area contributed by atoms with E-state index in [1.165, 1.54) is 24.5 Å². The van der Waals surface area contributed by atoms with Gasteiger partial charge in [0.2, 0.25) is 0 Å². The Morgan fingerprint density at radius 2 is 2.31 bits per heavy atom. The average molecular weight is 197 g/mol. The molecule has 0 aliphatic carbocycles. The van der Waals surface area contributed by atoms with Crippen LogP contribution >= 0.6 is 11.3 Å². The van der Waals surface area contributed by atoms with Gasteiger partial charge in [0.1, 0.15) is 0 Å². The molecule has 1 aromatic heterocycles. The highest BCUT2D eigenvalue weighted by Gasteiger charge is 2.11. The van der Waals surface area contributed by atoms with Crippen LogP contribution in [-0.4, -0.2) is 7.11 Å². The van der Waals surface area contributed by atoms with Gasteiger partial charge < -0.3 is 10.5 Å². The highest BCUT2D eigenvalue weighted by molar-refractivity contribution is 7.17. The van der Waals surface area contributed by atoms with Gasteiger partial charge in [0.15, 0.2) is 11.6 Å². The van der Waals surface area contributed by atoms with E-state index in [-0.39, 0.29) is 11.6 Å². The first-order chi connectivity index (χ1) is 6.24. The molecule has 2 nitrogen and oxygen atoms in total. The number of methoxy groups -OCH3 is 1. The molecular weight excluding hydrogens is 189 g/mol. The lowest BCUT2D eigenvalue weighted by atomic mass is 10.2. The van der Waals surface area contributed by atoms with Crippen molar-refractivity contribution in [3.63, 3.8) is 0 Å². The van der Waals surface area contributed by atoms with Gasteiger partial charge in [-0.2, -0.15) is 0 Å². The molecule has 0 atom stereocenters. The number of fused-ring (bicyclic) bond motifs is 1. The lowest BCUT2D eigenvalue weighted by Gasteiger charge is -2.04. The molecule has 68 valence electrons. The number of ether oxygens (including phenoxy) is 1. The fourth-order valence-electron chi connectivity index (χ4n) is 1.25. The third kappa shape index (κ3) is 1.14. The van der Waals surface area contributed by atoms with Gasteiger partial charge in [0, 0.05) is 17.1 Å². The van der Waals surface area contributed by atoms with Crippen LogP contribution in [-0.2, 0) is 0 Å². The molecule has 2 aromatic rings. The average Bonchev–Trinajstić information content (AvgIpc) is 2.60. The summed E-state index contributed by atoms with van der Waals surface area (Å²) >= 11 is 1.32. The normalized spacial score (nSPS) is 10.6. The maximum atomic E-state index is 13.5. The van der Waals surface area contributed by atoms with Crippen molar-refractivity contribution in [1.82, 2.24) is 0 Å². The van der Waals surface area contributed by atoms with Gasteiger partial charge in [0.25, 0.3) is 0 Å². The first kappa shape index (κ1) is 8.31. The molecule has 0 saturated heterocycles. The summed E-state index contributed by atoms with van der Waals surface area (Å²) in [5.41, 5.74) is 6.26. The first-order valence-corrected chi connectivity index (χ1v) is 4.61. The third-order valence-corrected chi connectivity index (χ3v) is 2.81. The Morgan fingerprint density at radius 1 is 1.54 bits per heavy atom. The number of nitrogens with two attached hydrogens (primary N) is 1. The molecule has 2 N–H and O–H groups in total. The van der Waals surface area contributed by atoms with Gasteiger partial charge >= 0.3 is 0 Å². The number of rotatable bonds is 1. The molecular formula is C9H8FNOS. The Labute approximate surface area is 78.7 Å². The molecule has 0 radical (unpaired) electrons. The Kier molecular flexibility index (Phi) is 1.84. The zero-order valence-corrected chi connectivity index (χ0v) is 7.82. The van der Waals surface area contributed by atoms with E-state index in [1.807, 2.05) is 5.38 Å². The molecule has 0 amide bonds. The number of thiophene rings is 1. The number of nitrogen functional groups attached to an aromatic ring is 1. The van der Waals surface area contributed by atoms with Crippen LogP contribution in [0.1, 0.15) is 0 Å². The summed E-state index contributed by atoms with van der Waals surface area (Å²) < 4.78 is 18.9. The van der Waals surface area contributed by atoms with Crippen LogP contribution in [0.3, 0.4) is 0 Å². The molecule has 0 spiro atoms. The molecule has 0 fully saturated rings. The van der Waals surface area contributed by atoms with Crippen molar-refractivity contribution >= 4 is 27.1 Å². The molecule has 13 heavy (non-hydrogen) atoms. The minimum atomic E-state index is -0.332. The maximum absolute atomic E-state index is 13.5. The molecule has 1 heterocycles. The van der Waals surface area contributed by atoms with Gasteiger partial charge in [-0.25, -0.2) is 4.39 Å². The Morgan fingerprint density at radius 3 is 3.00 bits per heavy atom. The molecule has 1 aromatic carbocycles. The van der Waals surface area contributed by atoms with Crippen molar-refractivity contribution in [3.8, 4) is 5.75 Å².